The lowest BCUT2D eigenvalue weighted by Gasteiger charge is -2.12. The Labute approximate surface area is 144 Å². The molecule has 2 N–H and O–H groups in total. The van der Waals surface area contributed by atoms with Gasteiger partial charge in [0.2, 0.25) is 11.8 Å². The van der Waals surface area contributed by atoms with E-state index in [9.17, 15) is 9.59 Å². The van der Waals surface area contributed by atoms with Gasteiger partial charge in [0.05, 0.1) is 10.7 Å². The second-order valence-corrected chi connectivity index (χ2v) is 6.29. The van der Waals surface area contributed by atoms with E-state index in [1.165, 1.54) is 17.3 Å². The molecule has 0 bridgehead atoms. The van der Waals surface area contributed by atoms with E-state index >= 15 is 0 Å². The molecular weight excluding hydrogens is 330 g/mol. The molecule has 1 heterocycles. The predicted molar refractivity (Wildman–Crippen MR) is 89.9 cm³/mol. The van der Waals surface area contributed by atoms with E-state index in [0.717, 1.165) is 6.42 Å². The van der Waals surface area contributed by atoms with E-state index < -0.39 is 0 Å². The molecule has 1 aliphatic rings. The highest BCUT2D eigenvalue weighted by Crippen LogP contribution is 2.37. The quantitative estimate of drug-likeness (QED) is 0.836. The Hall–Kier alpha value is -2.41. The lowest BCUT2D eigenvalue weighted by Crippen LogP contribution is -2.29. The molecule has 0 saturated heterocycles. The largest absolute Gasteiger partial charge is 0.355 e. The van der Waals surface area contributed by atoms with Crippen LogP contribution in [0, 0.1) is 11.8 Å². The summed E-state index contributed by atoms with van der Waals surface area (Å²) < 4.78 is 1.49. The Morgan fingerprint density at radius 1 is 1.42 bits per heavy atom. The van der Waals surface area contributed by atoms with Crippen molar-refractivity contribution in [1.82, 2.24) is 20.1 Å². The van der Waals surface area contributed by atoms with Crippen LogP contribution in [0.3, 0.4) is 0 Å². The zero-order valence-corrected chi connectivity index (χ0v) is 14.0. The third kappa shape index (κ3) is 3.73. The number of hydrogen-bond donors (Lipinski definition) is 2. The smallest absolute Gasteiger partial charge is 0.226 e. The van der Waals surface area contributed by atoms with Crippen LogP contribution in [0.1, 0.15) is 19.8 Å². The summed E-state index contributed by atoms with van der Waals surface area (Å²) in [5, 5.41) is 10.1. The highest BCUT2D eigenvalue weighted by Gasteiger charge is 2.38. The number of benzene rings is 1. The van der Waals surface area contributed by atoms with Crippen molar-refractivity contribution < 1.29 is 9.59 Å². The van der Waals surface area contributed by atoms with Gasteiger partial charge in [0, 0.05) is 18.9 Å². The number of aromatic nitrogens is 3. The van der Waals surface area contributed by atoms with Gasteiger partial charge in [-0.05, 0) is 24.5 Å². The van der Waals surface area contributed by atoms with Crippen molar-refractivity contribution in [3.63, 3.8) is 0 Å². The monoisotopic (exact) mass is 347 g/mol. The molecule has 7 nitrogen and oxygen atoms in total. The Kier molecular flexibility index (Phi) is 4.80. The number of nitrogens with zero attached hydrogens (tertiary/aromatic N) is 3. The van der Waals surface area contributed by atoms with Crippen LogP contribution in [-0.4, -0.2) is 33.1 Å². The summed E-state index contributed by atoms with van der Waals surface area (Å²) in [5.41, 5.74) is 1.10. The van der Waals surface area contributed by atoms with Crippen LogP contribution < -0.4 is 10.6 Å². The maximum absolute atomic E-state index is 12.1. The van der Waals surface area contributed by atoms with Crippen molar-refractivity contribution in [1.29, 1.82) is 0 Å². The first-order chi connectivity index (χ1) is 11.6. The van der Waals surface area contributed by atoms with Crippen molar-refractivity contribution in [2.24, 2.45) is 11.8 Å². The molecule has 126 valence electrons. The van der Waals surface area contributed by atoms with Gasteiger partial charge in [-0.25, -0.2) is 9.67 Å². The number of para-hydroxylation sites is 1. The third-order valence-electron chi connectivity index (χ3n) is 4.01. The molecule has 2 atom stereocenters. The van der Waals surface area contributed by atoms with E-state index in [2.05, 4.69) is 20.7 Å². The van der Waals surface area contributed by atoms with E-state index in [0.29, 0.717) is 28.9 Å². The molecule has 2 amide bonds. The number of carbonyl (C=O) groups excluding carboxylic acids is 2. The topological polar surface area (TPSA) is 88.9 Å². The van der Waals surface area contributed by atoms with Gasteiger partial charge in [0.1, 0.15) is 18.3 Å². The maximum Gasteiger partial charge on any atom is 0.226 e. The molecular formula is C16H18ClN5O2. The van der Waals surface area contributed by atoms with Crippen LogP contribution in [0.25, 0.3) is 5.69 Å². The summed E-state index contributed by atoms with van der Waals surface area (Å²) in [5.74, 6) is 0.388. The second-order valence-electron chi connectivity index (χ2n) is 5.88. The van der Waals surface area contributed by atoms with Crippen molar-refractivity contribution in [3.05, 3.63) is 35.9 Å². The number of amides is 2. The fourth-order valence-electron chi connectivity index (χ4n) is 2.50. The number of anilines is 1. The molecule has 0 spiro atoms. The average molecular weight is 348 g/mol. The standard InChI is InChI=1S/C16H18ClN5O2/c1-10-7-11(10)16(24)19-6-5-14(23)21-13-4-2-3-12(17)15(13)22-9-18-8-20-22/h2-4,8-11H,5-7H2,1H3,(H,19,24)(H,21,23). The SMILES string of the molecule is CC1CC1C(=O)NCCC(=O)Nc1cccc(Cl)c1-n1cncn1. The minimum atomic E-state index is -0.206. The number of hydrogen-bond acceptors (Lipinski definition) is 4. The van der Waals surface area contributed by atoms with E-state index in [1.807, 2.05) is 6.92 Å². The fraction of sp³-hybridized carbons (Fsp3) is 0.375. The number of rotatable bonds is 6. The molecule has 8 heteroatoms. The summed E-state index contributed by atoms with van der Waals surface area (Å²) in [7, 11) is 0. The fourth-order valence-corrected chi connectivity index (χ4v) is 2.76. The van der Waals surface area contributed by atoms with Gasteiger partial charge in [0.15, 0.2) is 0 Å². The van der Waals surface area contributed by atoms with Crippen molar-refractivity contribution in [2.45, 2.75) is 19.8 Å². The summed E-state index contributed by atoms with van der Waals surface area (Å²) in [6.45, 7) is 2.36. The molecule has 1 fully saturated rings. The van der Waals surface area contributed by atoms with Crippen LogP contribution in [0.15, 0.2) is 30.9 Å². The second kappa shape index (κ2) is 7.00. The Morgan fingerprint density at radius 2 is 2.21 bits per heavy atom. The third-order valence-corrected chi connectivity index (χ3v) is 4.31. The summed E-state index contributed by atoms with van der Waals surface area (Å²) >= 11 is 6.21. The zero-order valence-electron chi connectivity index (χ0n) is 13.2. The predicted octanol–water partition coefficient (Wildman–Crippen LogP) is 2.02. The summed E-state index contributed by atoms with van der Waals surface area (Å²) in [6.07, 6.45) is 4.02. The molecule has 1 aromatic carbocycles. The van der Waals surface area contributed by atoms with Crippen LogP contribution >= 0.6 is 11.6 Å². The molecule has 1 aromatic heterocycles. The number of carbonyl (C=O) groups is 2. The van der Waals surface area contributed by atoms with Gasteiger partial charge >= 0.3 is 0 Å². The minimum Gasteiger partial charge on any atom is -0.355 e. The van der Waals surface area contributed by atoms with Gasteiger partial charge in [0.25, 0.3) is 0 Å². The summed E-state index contributed by atoms with van der Waals surface area (Å²) in [6, 6.07) is 5.20. The van der Waals surface area contributed by atoms with E-state index in [4.69, 9.17) is 11.6 Å². The average Bonchev–Trinajstić information content (AvgIpc) is 3.05. The Bertz CT molecular complexity index is 747. The first-order valence-electron chi connectivity index (χ1n) is 7.77. The van der Waals surface area contributed by atoms with Gasteiger partial charge in [-0.15, -0.1) is 0 Å². The highest BCUT2D eigenvalue weighted by molar-refractivity contribution is 6.33. The van der Waals surface area contributed by atoms with Crippen LogP contribution in [-0.2, 0) is 9.59 Å². The first kappa shape index (κ1) is 16.4. The van der Waals surface area contributed by atoms with Gasteiger partial charge in [-0.2, -0.15) is 5.10 Å². The van der Waals surface area contributed by atoms with Crippen molar-refractivity contribution >= 4 is 29.1 Å². The van der Waals surface area contributed by atoms with Gasteiger partial charge in [-0.3, -0.25) is 9.59 Å². The molecule has 0 aliphatic heterocycles. The van der Waals surface area contributed by atoms with Crippen LogP contribution in [0.5, 0.6) is 0 Å². The van der Waals surface area contributed by atoms with E-state index in [-0.39, 0.29) is 24.2 Å². The molecule has 3 rings (SSSR count). The lowest BCUT2D eigenvalue weighted by molar-refractivity contribution is -0.122. The summed E-state index contributed by atoms with van der Waals surface area (Å²) in [4.78, 5) is 27.7. The Morgan fingerprint density at radius 3 is 2.88 bits per heavy atom. The minimum absolute atomic E-state index is 0.0290. The molecule has 1 aliphatic carbocycles. The molecule has 2 aromatic rings. The van der Waals surface area contributed by atoms with Gasteiger partial charge in [-0.1, -0.05) is 24.6 Å². The maximum atomic E-state index is 12.1. The van der Waals surface area contributed by atoms with Crippen molar-refractivity contribution in [3.8, 4) is 5.69 Å². The molecule has 0 radical (unpaired) electrons. The van der Waals surface area contributed by atoms with E-state index in [1.54, 1.807) is 18.2 Å². The Balaban J connectivity index is 1.58. The zero-order chi connectivity index (χ0) is 17.1. The normalized spacial score (nSPS) is 18.9. The lowest BCUT2D eigenvalue weighted by atomic mass is 10.2. The molecule has 24 heavy (non-hydrogen) atoms. The number of nitrogens with one attached hydrogen (secondary N) is 2. The van der Waals surface area contributed by atoms with Crippen LogP contribution in [0.4, 0.5) is 5.69 Å². The van der Waals surface area contributed by atoms with Gasteiger partial charge < -0.3 is 10.6 Å². The highest BCUT2D eigenvalue weighted by atomic mass is 35.5. The first-order valence-corrected chi connectivity index (χ1v) is 8.15. The number of halogens is 1. The molecule has 2 unspecified atom stereocenters. The molecule has 1 saturated carbocycles. The van der Waals surface area contributed by atoms with Crippen molar-refractivity contribution in [2.75, 3.05) is 11.9 Å². The van der Waals surface area contributed by atoms with Crippen LogP contribution in [0.2, 0.25) is 5.02 Å².